The van der Waals surface area contributed by atoms with Crippen molar-refractivity contribution in [3.63, 3.8) is 0 Å². The first-order chi connectivity index (χ1) is 12.2. The molecule has 0 atom stereocenters. The number of aromatic amines is 1. The fraction of sp³-hybridized carbons (Fsp3) is 0.300. The zero-order valence-corrected chi connectivity index (χ0v) is 14.1. The van der Waals surface area contributed by atoms with E-state index in [9.17, 15) is 9.59 Å². The molecule has 1 aromatic heterocycles. The molecule has 0 unspecified atom stereocenters. The Morgan fingerprint density at radius 2 is 1.72 bits per heavy atom. The molecule has 0 radical (unpaired) electrons. The SMILES string of the molecule is O=C(C[NH+]1CCC(n2c(=O)[nH]c3ccccc32)CC1)c1ccccc1. The summed E-state index contributed by atoms with van der Waals surface area (Å²) in [6, 6.07) is 17.5. The van der Waals surface area contributed by atoms with Crippen molar-refractivity contribution in [3.05, 3.63) is 70.6 Å². The van der Waals surface area contributed by atoms with Gasteiger partial charge < -0.3 is 9.88 Å². The molecule has 1 saturated heterocycles. The van der Waals surface area contributed by atoms with Gasteiger partial charge in [0.1, 0.15) is 6.54 Å². The quantitative estimate of drug-likeness (QED) is 0.708. The molecule has 0 amide bonds. The minimum absolute atomic E-state index is 0.0324. The summed E-state index contributed by atoms with van der Waals surface area (Å²) in [4.78, 5) is 28.9. The lowest BCUT2D eigenvalue weighted by Gasteiger charge is -2.29. The normalized spacial score (nSPS) is 20.6. The Hall–Kier alpha value is -2.66. The number of Topliss-reactive ketones (excluding diaryl/α,β-unsaturated/α-hetero) is 1. The van der Waals surface area contributed by atoms with Gasteiger partial charge in [0.05, 0.1) is 24.1 Å². The third kappa shape index (κ3) is 3.15. The Labute approximate surface area is 145 Å². The standard InChI is InChI=1S/C20H21N3O2/c24-19(15-6-2-1-3-7-15)14-22-12-10-16(11-13-22)23-18-9-5-4-8-17(18)21-20(23)25/h1-9,16H,10-14H2,(H,21,25)/p+1. The van der Waals surface area contributed by atoms with E-state index in [0.29, 0.717) is 6.54 Å². The molecular weight excluding hydrogens is 314 g/mol. The number of para-hydroxylation sites is 2. The van der Waals surface area contributed by atoms with Crippen LogP contribution in [0.4, 0.5) is 0 Å². The topological polar surface area (TPSA) is 59.3 Å². The third-order valence-electron chi connectivity index (χ3n) is 5.16. The highest BCUT2D eigenvalue weighted by molar-refractivity contribution is 5.96. The van der Waals surface area contributed by atoms with Crippen LogP contribution in [-0.4, -0.2) is 35.0 Å². The molecule has 3 aromatic rings. The number of hydrogen-bond donors (Lipinski definition) is 2. The van der Waals surface area contributed by atoms with Crippen molar-refractivity contribution < 1.29 is 9.69 Å². The first kappa shape index (κ1) is 15.8. The maximum Gasteiger partial charge on any atom is 0.326 e. The summed E-state index contributed by atoms with van der Waals surface area (Å²) in [5.41, 5.74) is 2.61. The predicted molar refractivity (Wildman–Crippen MR) is 97.2 cm³/mol. The number of hydrogen-bond acceptors (Lipinski definition) is 2. The second-order valence-electron chi connectivity index (χ2n) is 6.76. The van der Waals surface area contributed by atoms with Gasteiger partial charge in [-0.25, -0.2) is 4.79 Å². The van der Waals surface area contributed by atoms with Gasteiger partial charge in [-0.15, -0.1) is 0 Å². The highest BCUT2D eigenvalue weighted by Crippen LogP contribution is 2.20. The number of quaternary nitrogens is 1. The number of likely N-dealkylation sites (tertiary alicyclic amines) is 1. The van der Waals surface area contributed by atoms with Gasteiger partial charge in [0, 0.05) is 24.4 Å². The summed E-state index contributed by atoms with van der Waals surface area (Å²) in [5, 5.41) is 0. The number of benzene rings is 2. The second-order valence-corrected chi connectivity index (χ2v) is 6.76. The first-order valence-corrected chi connectivity index (χ1v) is 8.83. The Balaban J connectivity index is 1.44. The van der Waals surface area contributed by atoms with Crippen molar-refractivity contribution in [2.75, 3.05) is 19.6 Å². The summed E-state index contributed by atoms with van der Waals surface area (Å²) in [6.45, 7) is 2.35. The van der Waals surface area contributed by atoms with E-state index >= 15 is 0 Å². The lowest BCUT2D eigenvalue weighted by Crippen LogP contribution is -3.13. The van der Waals surface area contributed by atoms with E-state index in [1.54, 1.807) is 0 Å². The van der Waals surface area contributed by atoms with Crippen LogP contribution in [0.25, 0.3) is 11.0 Å². The lowest BCUT2D eigenvalue weighted by atomic mass is 10.0. The van der Waals surface area contributed by atoms with E-state index in [4.69, 9.17) is 0 Å². The van der Waals surface area contributed by atoms with Gasteiger partial charge >= 0.3 is 5.69 Å². The number of H-pyrrole nitrogens is 1. The van der Waals surface area contributed by atoms with Crippen LogP contribution in [0.2, 0.25) is 0 Å². The molecule has 2 aromatic carbocycles. The number of nitrogens with one attached hydrogen (secondary N) is 2. The number of nitrogens with zero attached hydrogens (tertiary/aromatic N) is 1. The van der Waals surface area contributed by atoms with E-state index in [1.807, 2.05) is 59.2 Å². The lowest BCUT2D eigenvalue weighted by molar-refractivity contribution is -0.897. The molecule has 2 heterocycles. The van der Waals surface area contributed by atoms with Crippen molar-refractivity contribution in [1.82, 2.24) is 9.55 Å². The molecule has 4 rings (SSSR count). The molecule has 0 saturated carbocycles. The molecular formula is C20H22N3O2+. The van der Waals surface area contributed by atoms with E-state index in [1.165, 1.54) is 4.90 Å². The Kier molecular flexibility index (Phi) is 4.24. The van der Waals surface area contributed by atoms with Gasteiger partial charge in [-0.05, 0) is 12.1 Å². The maximum atomic E-state index is 12.4. The van der Waals surface area contributed by atoms with Gasteiger partial charge in [-0.3, -0.25) is 9.36 Å². The van der Waals surface area contributed by atoms with Crippen LogP contribution >= 0.6 is 0 Å². The van der Waals surface area contributed by atoms with Crippen molar-refractivity contribution >= 4 is 16.8 Å². The third-order valence-corrected chi connectivity index (χ3v) is 5.16. The number of imidazole rings is 1. The Bertz CT molecular complexity index is 934. The largest absolute Gasteiger partial charge is 0.328 e. The molecule has 5 nitrogen and oxygen atoms in total. The zero-order valence-electron chi connectivity index (χ0n) is 14.1. The van der Waals surface area contributed by atoms with Gasteiger partial charge in [0.25, 0.3) is 0 Å². The smallest absolute Gasteiger partial charge is 0.326 e. The molecule has 128 valence electrons. The van der Waals surface area contributed by atoms with E-state index in [2.05, 4.69) is 4.98 Å². The Morgan fingerprint density at radius 3 is 2.48 bits per heavy atom. The van der Waals surface area contributed by atoms with Crippen LogP contribution in [0.15, 0.2) is 59.4 Å². The van der Waals surface area contributed by atoms with Crippen LogP contribution in [0.3, 0.4) is 0 Å². The number of carbonyl (C=O) groups excluding carboxylic acids is 1. The molecule has 1 aliphatic heterocycles. The highest BCUT2D eigenvalue weighted by Gasteiger charge is 2.27. The zero-order chi connectivity index (χ0) is 17.2. The van der Waals surface area contributed by atoms with Crippen molar-refractivity contribution in [2.24, 2.45) is 0 Å². The molecule has 2 N–H and O–H groups in total. The molecule has 5 heteroatoms. The van der Waals surface area contributed by atoms with Gasteiger partial charge in [-0.1, -0.05) is 42.5 Å². The van der Waals surface area contributed by atoms with Crippen molar-refractivity contribution in [1.29, 1.82) is 0 Å². The second kappa shape index (κ2) is 6.69. The monoisotopic (exact) mass is 336 g/mol. The number of aromatic nitrogens is 2. The molecule has 25 heavy (non-hydrogen) atoms. The average Bonchev–Trinajstić information content (AvgIpc) is 2.99. The molecule has 1 fully saturated rings. The van der Waals surface area contributed by atoms with Gasteiger partial charge in [0.2, 0.25) is 5.78 Å². The predicted octanol–water partition coefficient (Wildman–Crippen LogP) is 1.43. The number of piperidine rings is 1. The Morgan fingerprint density at radius 1 is 1.04 bits per heavy atom. The fourth-order valence-electron chi connectivity index (χ4n) is 3.84. The van der Waals surface area contributed by atoms with Crippen LogP contribution < -0.4 is 10.6 Å². The first-order valence-electron chi connectivity index (χ1n) is 8.83. The number of rotatable bonds is 4. The minimum Gasteiger partial charge on any atom is -0.328 e. The maximum absolute atomic E-state index is 12.4. The van der Waals surface area contributed by atoms with E-state index in [0.717, 1.165) is 42.5 Å². The summed E-state index contributed by atoms with van der Waals surface area (Å²) in [5.74, 6) is 0.193. The molecule has 0 aliphatic carbocycles. The fourth-order valence-corrected chi connectivity index (χ4v) is 3.84. The summed E-state index contributed by atoms with van der Waals surface area (Å²) in [7, 11) is 0. The number of fused-ring (bicyclic) bond motifs is 1. The summed E-state index contributed by atoms with van der Waals surface area (Å²) in [6.07, 6.45) is 1.83. The molecule has 0 bridgehead atoms. The van der Waals surface area contributed by atoms with E-state index in [-0.39, 0.29) is 17.5 Å². The highest BCUT2D eigenvalue weighted by atomic mass is 16.1. The number of ketones is 1. The van der Waals surface area contributed by atoms with Crippen molar-refractivity contribution in [3.8, 4) is 0 Å². The summed E-state index contributed by atoms with van der Waals surface area (Å²) >= 11 is 0. The molecule has 0 spiro atoms. The van der Waals surface area contributed by atoms with E-state index < -0.39 is 0 Å². The molecule has 1 aliphatic rings. The summed E-state index contributed by atoms with van der Waals surface area (Å²) < 4.78 is 1.89. The van der Waals surface area contributed by atoms with Crippen LogP contribution in [0.5, 0.6) is 0 Å². The number of carbonyl (C=O) groups is 1. The van der Waals surface area contributed by atoms with Crippen LogP contribution in [0.1, 0.15) is 29.2 Å². The van der Waals surface area contributed by atoms with Gasteiger partial charge in [0.15, 0.2) is 0 Å². The van der Waals surface area contributed by atoms with Crippen LogP contribution in [-0.2, 0) is 0 Å². The average molecular weight is 336 g/mol. The minimum atomic E-state index is -0.0324. The van der Waals surface area contributed by atoms with Gasteiger partial charge in [-0.2, -0.15) is 0 Å². The van der Waals surface area contributed by atoms with Crippen LogP contribution in [0, 0.1) is 0 Å². The van der Waals surface area contributed by atoms with Crippen molar-refractivity contribution in [2.45, 2.75) is 18.9 Å².